The maximum Gasteiger partial charge on any atom is 0.221 e. The van der Waals surface area contributed by atoms with Crippen molar-refractivity contribution >= 4 is 30.7 Å². The van der Waals surface area contributed by atoms with Gasteiger partial charge in [0.25, 0.3) is 0 Å². The lowest BCUT2D eigenvalue weighted by Gasteiger charge is -2.30. The molecule has 6 heteroatoms. The van der Waals surface area contributed by atoms with Crippen molar-refractivity contribution in [3.8, 4) is 0 Å². The first-order valence-electron chi connectivity index (χ1n) is 8.39. The van der Waals surface area contributed by atoms with Gasteiger partial charge in [0.05, 0.1) is 0 Å². The van der Waals surface area contributed by atoms with E-state index in [0.717, 1.165) is 24.6 Å². The zero-order chi connectivity index (χ0) is 15.8. The molecule has 0 saturated carbocycles. The molecule has 4 nitrogen and oxygen atoms in total. The second kappa shape index (κ2) is 12.5. The van der Waals surface area contributed by atoms with Gasteiger partial charge in [0.1, 0.15) is 0 Å². The normalized spacial score (nSPS) is 15.2. The Hall–Kier alpha value is -0.810. The van der Waals surface area contributed by atoms with Crippen molar-refractivity contribution in [1.82, 2.24) is 15.5 Å². The lowest BCUT2D eigenvalue weighted by Crippen LogP contribution is -2.32. The van der Waals surface area contributed by atoms with Gasteiger partial charge in [-0.25, -0.2) is 0 Å². The van der Waals surface area contributed by atoms with Crippen molar-refractivity contribution < 1.29 is 4.79 Å². The van der Waals surface area contributed by atoms with Crippen LogP contribution >= 0.6 is 24.8 Å². The van der Waals surface area contributed by atoms with Gasteiger partial charge in [-0.2, -0.15) is 0 Å². The molecule has 0 aliphatic carbocycles. The third-order valence-corrected chi connectivity index (χ3v) is 4.40. The van der Waals surface area contributed by atoms with Crippen LogP contribution in [0.25, 0.3) is 0 Å². The van der Waals surface area contributed by atoms with Crippen LogP contribution in [0.15, 0.2) is 24.3 Å². The first-order valence-corrected chi connectivity index (χ1v) is 8.39. The molecule has 1 heterocycles. The Labute approximate surface area is 158 Å². The first-order chi connectivity index (χ1) is 10.7. The van der Waals surface area contributed by atoms with Gasteiger partial charge in [-0.3, -0.25) is 9.69 Å². The van der Waals surface area contributed by atoms with Crippen LogP contribution < -0.4 is 10.6 Å². The van der Waals surface area contributed by atoms with E-state index in [1.807, 2.05) is 7.05 Å². The molecule has 1 aliphatic heterocycles. The summed E-state index contributed by atoms with van der Waals surface area (Å²) < 4.78 is 0. The van der Waals surface area contributed by atoms with Crippen LogP contribution in [0, 0.1) is 5.92 Å². The largest absolute Gasteiger partial charge is 0.352 e. The lowest BCUT2D eigenvalue weighted by atomic mass is 9.99. The van der Waals surface area contributed by atoms with Crippen molar-refractivity contribution in [3.63, 3.8) is 0 Å². The van der Waals surface area contributed by atoms with Crippen molar-refractivity contribution in [1.29, 1.82) is 0 Å². The first kappa shape index (κ1) is 23.2. The van der Waals surface area contributed by atoms with Crippen molar-refractivity contribution in [2.24, 2.45) is 5.92 Å². The van der Waals surface area contributed by atoms with Gasteiger partial charge in [0.15, 0.2) is 0 Å². The number of nitrogens with one attached hydrogen (secondary N) is 2. The molecule has 2 N–H and O–H groups in total. The van der Waals surface area contributed by atoms with Crippen LogP contribution in [-0.2, 0) is 17.9 Å². The fourth-order valence-electron chi connectivity index (χ4n) is 2.77. The van der Waals surface area contributed by atoms with Crippen LogP contribution in [0.4, 0.5) is 0 Å². The highest BCUT2D eigenvalue weighted by atomic mass is 35.5. The molecule has 0 aromatic heterocycles. The molecule has 1 amide bonds. The molecule has 0 atom stereocenters. The van der Waals surface area contributed by atoms with Crippen molar-refractivity contribution in [2.75, 3.05) is 26.7 Å². The number of likely N-dealkylation sites (tertiary alicyclic amines) is 1. The highest BCUT2D eigenvalue weighted by molar-refractivity contribution is 5.85. The van der Waals surface area contributed by atoms with E-state index >= 15 is 0 Å². The van der Waals surface area contributed by atoms with Gasteiger partial charge in [-0.1, -0.05) is 31.2 Å². The molecular weight excluding hydrogens is 345 g/mol. The molecule has 1 aliphatic rings. The number of amides is 1. The predicted octanol–water partition coefficient (Wildman–Crippen LogP) is 2.99. The van der Waals surface area contributed by atoms with Crippen LogP contribution in [0.3, 0.4) is 0 Å². The molecule has 1 aromatic carbocycles. The molecule has 2 rings (SSSR count). The molecule has 0 unspecified atom stereocenters. The van der Waals surface area contributed by atoms with Crippen molar-refractivity contribution in [2.45, 2.75) is 39.3 Å². The summed E-state index contributed by atoms with van der Waals surface area (Å²) >= 11 is 0. The summed E-state index contributed by atoms with van der Waals surface area (Å²) in [5, 5.41) is 5.93. The second-order valence-corrected chi connectivity index (χ2v) is 6.41. The molecule has 24 heavy (non-hydrogen) atoms. The highest BCUT2D eigenvalue weighted by Crippen LogP contribution is 2.18. The minimum absolute atomic E-state index is 0. The van der Waals surface area contributed by atoms with Gasteiger partial charge in [0.2, 0.25) is 5.91 Å². The van der Waals surface area contributed by atoms with Crippen LogP contribution in [0.2, 0.25) is 0 Å². The maximum absolute atomic E-state index is 11.6. The Morgan fingerprint density at radius 1 is 1.12 bits per heavy atom. The van der Waals surface area contributed by atoms with Gasteiger partial charge >= 0.3 is 0 Å². The fourth-order valence-corrected chi connectivity index (χ4v) is 2.77. The third-order valence-electron chi connectivity index (χ3n) is 4.40. The monoisotopic (exact) mass is 375 g/mol. The number of hydrogen-bond donors (Lipinski definition) is 2. The SMILES string of the molecule is CNCCC(=O)NCc1ccc(CN2CCC(C)CC2)cc1.Cl.Cl. The van der Waals surface area contributed by atoms with Crippen LogP contribution in [0.5, 0.6) is 0 Å². The second-order valence-electron chi connectivity index (χ2n) is 6.41. The lowest BCUT2D eigenvalue weighted by molar-refractivity contribution is -0.121. The molecule has 0 spiro atoms. The average molecular weight is 376 g/mol. The predicted molar refractivity (Wildman–Crippen MR) is 105 cm³/mol. The molecule has 1 aromatic rings. The highest BCUT2D eigenvalue weighted by Gasteiger charge is 2.15. The number of piperidine rings is 1. The standard InChI is InChI=1S/C18H29N3O.2ClH/c1-15-8-11-21(12-9-15)14-17-5-3-16(4-6-17)13-20-18(22)7-10-19-2;;/h3-6,15,19H,7-14H2,1-2H3,(H,20,22);2*1H. The van der Waals surface area contributed by atoms with E-state index in [1.165, 1.54) is 31.5 Å². The molecule has 0 bridgehead atoms. The van der Waals surface area contributed by atoms with Gasteiger partial charge in [-0.05, 0) is 50.0 Å². The average Bonchev–Trinajstić information content (AvgIpc) is 2.54. The number of rotatable bonds is 7. The minimum atomic E-state index is 0. The number of nitrogens with zero attached hydrogens (tertiary/aromatic N) is 1. The number of halogens is 2. The maximum atomic E-state index is 11.6. The zero-order valence-corrected chi connectivity index (χ0v) is 16.3. The Morgan fingerprint density at radius 2 is 1.71 bits per heavy atom. The Morgan fingerprint density at radius 3 is 2.29 bits per heavy atom. The van der Waals surface area contributed by atoms with E-state index < -0.39 is 0 Å². The summed E-state index contributed by atoms with van der Waals surface area (Å²) in [6, 6.07) is 8.63. The Kier molecular flexibility index (Phi) is 12.1. The summed E-state index contributed by atoms with van der Waals surface area (Å²) in [7, 11) is 1.86. The van der Waals surface area contributed by atoms with E-state index in [-0.39, 0.29) is 30.7 Å². The number of carbonyl (C=O) groups excluding carboxylic acids is 1. The quantitative estimate of drug-likeness (QED) is 0.769. The number of hydrogen-bond acceptors (Lipinski definition) is 3. The number of benzene rings is 1. The van der Waals surface area contributed by atoms with E-state index in [9.17, 15) is 4.79 Å². The van der Waals surface area contributed by atoms with E-state index in [4.69, 9.17) is 0 Å². The van der Waals surface area contributed by atoms with Gasteiger partial charge < -0.3 is 10.6 Å². The summed E-state index contributed by atoms with van der Waals surface area (Å²) in [4.78, 5) is 14.1. The fraction of sp³-hybridized carbons (Fsp3) is 0.611. The van der Waals surface area contributed by atoms with Crippen molar-refractivity contribution in [3.05, 3.63) is 35.4 Å². The summed E-state index contributed by atoms with van der Waals surface area (Å²) in [6.07, 6.45) is 3.16. The Balaban J connectivity index is 0.00000264. The summed E-state index contributed by atoms with van der Waals surface area (Å²) in [5.41, 5.74) is 2.52. The van der Waals surface area contributed by atoms with E-state index in [1.54, 1.807) is 0 Å². The summed E-state index contributed by atoms with van der Waals surface area (Å²) in [6.45, 7) is 7.15. The third kappa shape index (κ3) is 8.34. The molecule has 1 fully saturated rings. The van der Waals surface area contributed by atoms with Crippen LogP contribution in [0.1, 0.15) is 37.3 Å². The minimum Gasteiger partial charge on any atom is -0.352 e. The zero-order valence-electron chi connectivity index (χ0n) is 14.7. The molecular formula is C18H31Cl2N3O. The molecule has 1 saturated heterocycles. The van der Waals surface area contributed by atoms with Gasteiger partial charge in [0, 0.05) is 26.1 Å². The molecule has 138 valence electrons. The topological polar surface area (TPSA) is 44.4 Å². The smallest absolute Gasteiger partial charge is 0.221 e. The summed E-state index contributed by atoms with van der Waals surface area (Å²) in [5.74, 6) is 0.978. The van der Waals surface area contributed by atoms with Gasteiger partial charge in [-0.15, -0.1) is 24.8 Å². The number of carbonyl (C=O) groups is 1. The Bertz CT molecular complexity index is 460. The molecule has 0 radical (unpaired) electrons. The van der Waals surface area contributed by atoms with E-state index in [2.05, 4.69) is 46.7 Å². The van der Waals surface area contributed by atoms with Crippen LogP contribution in [-0.4, -0.2) is 37.5 Å². The van der Waals surface area contributed by atoms with E-state index in [0.29, 0.717) is 13.0 Å².